The van der Waals surface area contributed by atoms with Crippen LogP contribution < -0.4 is 10.1 Å². The minimum atomic E-state index is -0.491. The Hall–Kier alpha value is -2.40. The fourth-order valence-electron chi connectivity index (χ4n) is 1.90. The monoisotopic (exact) mass is 289 g/mol. The Kier molecular flexibility index (Phi) is 4.90. The molecule has 2 aromatic carbocycles. The summed E-state index contributed by atoms with van der Waals surface area (Å²) in [5.74, 6) is -0.579. The van der Waals surface area contributed by atoms with Crippen molar-refractivity contribution in [3.63, 3.8) is 0 Å². The van der Waals surface area contributed by atoms with E-state index in [2.05, 4.69) is 5.32 Å². The Balaban J connectivity index is 1.99. The number of carbonyl (C=O) groups is 1. The molecule has 0 saturated heterocycles. The summed E-state index contributed by atoms with van der Waals surface area (Å²) in [5.41, 5.74) is 1.97. The predicted octanol–water partition coefficient (Wildman–Crippen LogP) is 2.51. The van der Waals surface area contributed by atoms with Crippen LogP contribution in [0.15, 0.2) is 42.5 Å². The van der Waals surface area contributed by atoms with Crippen molar-refractivity contribution in [3.8, 4) is 5.75 Å². The highest BCUT2D eigenvalue weighted by atomic mass is 19.1. The number of aliphatic hydroxyl groups excluding tert-OH is 1. The molecule has 0 atom stereocenters. The van der Waals surface area contributed by atoms with Gasteiger partial charge >= 0.3 is 0 Å². The first-order valence-corrected chi connectivity index (χ1v) is 6.44. The van der Waals surface area contributed by atoms with Crippen LogP contribution in [0.5, 0.6) is 5.75 Å². The van der Waals surface area contributed by atoms with Crippen LogP contribution in [0.3, 0.4) is 0 Å². The molecule has 110 valence electrons. The van der Waals surface area contributed by atoms with Crippen molar-refractivity contribution in [1.29, 1.82) is 0 Å². The molecule has 0 bridgehead atoms. The van der Waals surface area contributed by atoms with Gasteiger partial charge < -0.3 is 15.2 Å². The van der Waals surface area contributed by atoms with Crippen molar-refractivity contribution in [2.75, 3.05) is 12.4 Å². The zero-order valence-electron chi connectivity index (χ0n) is 11.6. The molecule has 5 heteroatoms. The number of nitrogens with one attached hydrogen (secondary N) is 1. The third-order valence-corrected chi connectivity index (χ3v) is 3.00. The molecule has 2 N–H and O–H groups in total. The molecule has 0 aliphatic carbocycles. The summed E-state index contributed by atoms with van der Waals surface area (Å²) >= 11 is 0. The molecule has 21 heavy (non-hydrogen) atoms. The van der Waals surface area contributed by atoms with Gasteiger partial charge in [0.1, 0.15) is 0 Å². The fraction of sp³-hybridized carbons (Fsp3) is 0.188. The molecule has 0 radical (unpaired) electrons. The molecule has 0 unspecified atom stereocenters. The highest BCUT2D eigenvalue weighted by molar-refractivity contribution is 5.92. The standard InChI is InChI=1S/C16H16FNO3/c1-21-15-7-4-12(8-14(15)17)9-16(20)18-13-5-2-11(10-19)3-6-13/h2-8,19H,9-10H2,1H3,(H,18,20). The van der Waals surface area contributed by atoms with Crippen LogP contribution in [0.1, 0.15) is 11.1 Å². The van der Waals surface area contributed by atoms with Crippen LogP contribution in [0.2, 0.25) is 0 Å². The quantitative estimate of drug-likeness (QED) is 0.889. The van der Waals surface area contributed by atoms with Gasteiger partial charge in [0, 0.05) is 5.69 Å². The Bertz CT molecular complexity index is 626. The van der Waals surface area contributed by atoms with Crippen LogP contribution in [0, 0.1) is 5.82 Å². The number of methoxy groups -OCH3 is 1. The molecule has 1 amide bonds. The first-order chi connectivity index (χ1) is 10.1. The highest BCUT2D eigenvalue weighted by Gasteiger charge is 2.08. The van der Waals surface area contributed by atoms with Crippen molar-refractivity contribution >= 4 is 11.6 Å². The van der Waals surface area contributed by atoms with E-state index in [0.29, 0.717) is 11.3 Å². The number of hydrogen-bond donors (Lipinski definition) is 2. The van der Waals surface area contributed by atoms with Gasteiger partial charge in [-0.25, -0.2) is 4.39 Å². The molecule has 0 spiro atoms. The number of carbonyl (C=O) groups excluding carboxylic acids is 1. The average Bonchev–Trinajstić information content (AvgIpc) is 2.48. The van der Waals surface area contributed by atoms with E-state index in [1.807, 2.05) is 0 Å². The SMILES string of the molecule is COc1ccc(CC(=O)Nc2ccc(CO)cc2)cc1F. The third kappa shape index (κ3) is 4.03. The number of rotatable bonds is 5. The number of hydrogen-bond acceptors (Lipinski definition) is 3. The number of halogens is 1. The summed E-state index contributed by atoms with van der Waals surface area (Å²) in [7, 11) is 1.39. The lowest BCUT2D eigenvalue weighted by Crippen LogP contribution is -2.14. The smallest absolute Gasteiger partial charge is 0.228 e. The number of aliphatic hydroxyl groups is 1. The summed E-state index contributed by atoms with van der Waals surface area (Å²) in [5, 5.41) is 11.7. The Morgan fingerprint density at radius 2 is 1.86 bits per heavy atom. The van der Waals surface area contributed by atoms with Crippen LogP contribution >= 0.6 is 0 Å². The maximum atomic E-state index is 13.5. The minimum absolute atomic E-state index is 0.0423. The van der Waals surface area contributed by atoms with Gasteiger partial charge in [0.15, 0.2) is 11.6 Å². The Morgan fingerprint density at radius 1 is 1.19 bits per heavy atom. The van der Waals surface area contributed by atoms with Crippen molar-refractivity contribution in [3.05, 3.63) is 59.4 Å². The molecule has 0 heterocycles. The zero-order chi connectivity index (χ0) is 15.2. The Morgan fingerprint density at radius 3 is 2.43 bits per heavy atom. The van der Waals surface area contributed by atoms with E-state index in [4.69, 9.17) is 9.84 Å². The van der Waals surface area contributed by atoms with Crippen molar-refractivity contribution in [2.24, 2.45) is 0 Å². The van der Waals surface area contributed by atoms with Gasteiger partial charge in [-0.3, -0.25) is 4.79 Å². The Labute approximate surface area is 122 Å². The van der Waals surface area contributed by atoms with E-state index in [1.54, 1.807) is 30.3 Å². The second kappa shape index (κ2) is 6.85. The molecule has 0 saturated carbocycles. The molecule has 0 aliphatic rings. The van der Waals surface area contributed by atoms with Gasteiger partial charge in [-0.05, 0) is 35.4 Å². The van der Waals surface area contributed by atoms with E-state index in [9.17, 15) is 9.18 Å². The largest absolute Gasteiger partial charge is 0.494 e. The molecular weight excluding hydrogens is 273 g/mol. The lowest BCUT2D eigenvalue weighted by molar-refractivity contribution is -0.115. The molecule has 2 aromatic rings. The zero-order valence-corrected chi connectivity index (χ0v) is 11.6. The maximum absolute atomic E-state index is 13.5. The molecule has 0 aliphatic heterocycles. The predicted molar refractivity (Wildman–Crippen MR) is 77.7 cm³/mol. The normalized spacial score (nSPS) is 10.2. The first-order valence-electron chi connectivity index (χ1n) is 6.44. The topological polar surface area (TPSA) is 58.6 Å². The summed E-state index contributed by atoms with van der Waals surface area (Å²) < 4.78 is 18.4. The van der Waals surface area contributed by atoms with Crippen LogP contribution in [0.25, 0.3) is 0 Å². The third-order valence-electron chi connectivity index (χ3n) is 3.00. The fourth-order valence-corrected chi connectivity index (χ4v) is 1.90. The second-order valence-electron chi connectivity index (χ2n) is 4.55. The minimum Gasteiger partial charge on any atom is -0.494 e. The van der Waals surface area contributed by atoms with Crippen LogP contribution in [-0.2, 0) is 17.8 Å². The number of benzene rings is 2. The van der Waals surface area contributed by atoms with Gasteiger partial charge in [0.2, 0.25) is 5.91 Å². The van der Waals surface area contributed by atoms with Gasteiger partial charge in [-0.15, -0.1) is 0 Å². The maximum Gasteiger partial charge on any atom is 0.228 e. The van der Waals surface area contributed by atoms with E-state index in [-0.39, 0.29) is 24.7 Å². The van der Waals surface area contributed by atoms with E-state index >= 15 is 0 Å². The first kappa shape index (κ1) is 15.0. The number of amides is 1. The van der Waals surface area contributed by atoms with Gasteiger partial charge in [-0.1, -0.05) is 18.2 Å². The lowest BCUT2D eigenvalue weighted by Gasteiger charge is -2.07. The molecule has 0 fully saturated rings. The van der Waals surface area contributed by atoms with Gasteiger partial charge in [0.25, 0.3) is 0 Å². The summed E-state index contributed by atoms with van der Waals surface area (Å²) in [6, 6.07) is 11.3. The van der Waals surface area contributed by atoms with E-state index in [0.717, 1.165) is 5.56 Å². The van der Waals surface area contributed by atoms with Crippen molar-refractivity contribution < 1.29 is 19.0 Å². The summed E-state index contributed by atoms with van der Waals surface area (Å²) in [6.07, 6.45) is 0.0721. The van der Waals surface area contributed by atoms with E-state index in [1.165, 1.54) is 19.2 Å². The molecular formula is C16H16FNO3. The van der Waals surface area contributed by atoms with Crippen molar-refractivity contribution in [1.82, 2.24) is 0 Å². The molecule has 2 rings (SSSR count). The van der Waals surface area contributed by atoms with Crippen molar-refractivity contribution in [2.45, 2.75) is 13.0 Å². The number of ether oxygens (including phenoxy) is 1. The summed E-state index contributed by atoms with van der Waals surface area (Å²) in [6.45, 7) is -0.0423. The molecule has 0 aromatic heterocycles. The summed E-state index contributed by atoms with van der Waals surface area (Å²) in [4.78, 5) is 11.9. The average molecular weight is 289 g/mol. The lowest BCUT2D eigenvalue weighted by atomic mass is 10.1. The molecule has 4 nitrogen and oxygen atoms in total. The highest BCUT2D eigenvalue weighted by Crippen LogP contribution is 2.18. The number of anilines is 1. The van der Waals surface area contributed by atoms with Gasteiger partial charge in [-0.2, -0.15) is 0 Å². The van der Waals surface area contributed by atoms with E-state index < -0.39 is 5.82 Å². The van der Waals surface area contributed by atoms with Crippen LogP contribution in [-0.4, -0.2) is 18.1 Å². The van der Waals surface area contributed by atoms with Crippen LogP contribution in [0.4, 0.5) is 10.1 Å². The second-order valence-corrected chi connectivity index (χ2v) is 4.55. The van der Waals surface area contributed by atoms with Gasteiger partial charge in [0.05, 0.1) is 20.1 Å².